The van der Waals surface area contributed by atoms with Gasteiger partial charge in [-0.25, -0.2) is 9.78 Å². The minimum Gasteiger partial charge on any atom is -0.382 e. The van der Waals surface area contributed by atoms with Crippen molar-refractivity contribution in [1.82, 2.24) is 38.2 Å². The number of aromatic nitrogens is 8. The number of aryl methyl sites for hydroxylation is 3. The van der Waals surface area contributed by atoms with Crippen molar-refractivity contribution in [2.24, 2.45) is 7.05 Å². The predicted molar refractivity (Wildman–Crippen MR) is 188 cm³/mol. The number of nitrogens with one attached hydrogen (secondary N) is 3. The second-order valence-electron chi connectivity index (χ2n) is 11.8. The van der Waals surface area contributed by atoms with Crippen LogP contribution < -0.4 is 32.9 Å². The van der Waals surface area contributed by atoms with Crippen molar-refractivity contribution in [2.45, 2.75) is 71.8 Å². The Kier molecular flexibility index (Phi) is 9.51. The molecule has 3 atom stereocenters. The van der Waals surface area contributed by atoms with Crippen molar-refractivity contribution in [2.75, 3.05) is 33.2 Å². The van der Waals surface area contributed by atoms with E-state index in [2.05, 4.69) is 35.9 Å². The molecule has 0 fully saturated rings. The number of benzene rings is 1. The Balaban J connectivity index is 1.16. The number of anilines is 5. The molecular formula is C31H40N12O5S. The van der Waals surface area contributed by atoms with Gasteiger partial charge in [0, 0.05) is 53.8 Å². The Labute approximate surface area is 283 Å². The first-order valence-corrected chi connectivity index (χ1v) is 17.7. The standard InChI is InChI=1S/C31H40N12O5S/c1-5-41-26-23(28(46)42(6-2)31(41)47)40(4)30(38-26)39-27(45)20-12-10-17-15-18(11-13-19(17)35-20)34-29-36-24(32)22-25(37-29)43(16-33-22)21(44)9-8-14-49(48)7-3/h11,13,15-16,20-21,35,44H,5-10,12,14H2,1-4H3,(H,38,39,45)(H3,32,34,36,37)/t20?,21-,49?/m1/s1. The fourth-order valence-corrected chi connectivity index (χ4v) is 6.84. The van der Waals surface area contributed by atoms with E-state index in [-0.39, 0.29) is 41.3 Å². The number of nitrogen functional groups attached to an aromatic ring is 1. The van der Waals surface area contributed by atoms with Gasteiger partial charge in [-0.15, -0.1) is 0 Å². The van der Waals surface area contributed by atoms with Crippen molar-refractivity contribution in [3.05, 3.63) is 50.9 Å². The van der Waals surface area contributed by atoms with E-state index >= 15 is 0 Å². The molecule has 0 spiro atoms. The SMILES string of the molecule is CCn1c(=O)c2c(nc(NC(=O)C3CCc4cc(Nc5nc(N)c6ncn([C@H](O)CCCS(=O)CC)c6n5)ccc4N3)n2C)n(CC)c1=O. The largest absolute Gasteiger partial charge is 0.382 e. The average Bonchev–Trinajstić information content (AvgIpc) is 3.66. The zero-order valence-corrected chi connectivity index (χ0v) is 28.6. The van der Waals surface area contributed by atoms with Gasteiger partial charge in [0.05, 0.1) is 6.33 Å². The van der Waals surface area contributed by atoms with E-state index < -0.39 is 34.3 Å². The first-order chi connectivity index (χ1) is 23.5. The quantitative estimate of drug-likeness (QED) is 0.126. The monoisotopic (exact) mass is 692 g/mol. The lowest BCUT2D eigenvalue weighted by molar-refractivity contribution is -0.117. The van der Waals surface area contributed by atoms with Crippen molar-refractivity contribution < 1.29 is 14.1 Å². The molecular weight excluding hydrogens is 652 g/mol. The Hall–Kier alpha value is -5.10. The van der Waals surface area contributed by atoms with Crippen LogP contribution in [0.4, 0.5) is 29.1 Å². The number of amides is 1. The summed E-state index contributed by atoms with van der Waals surface area (Å²) in [6.07, 6.45) is 2.63. The summed E-state index contributed by atoms with van der Waals surface area (Å²) in [6, 6.07) is 5.06. The zero-order chi connectivity index (χ0) is 35.0. The van der Waals surface area contributed by atoms with E-state index in [9.17, 15) is 23.7 Å². The van der Waals surface area contributed by atoms with E-state index in [1.54, 1.807) is 20.9 Å². The lowest BCUT2D eigenvalue weighted by atomic mass is 9.97. The second-order valence-corrected chi connectivity index (χ2v) is 13.6. The number of aliphatic hydroxyl groups is 1. The number of nitrogens with zero attached hydrogens (tertiary/aromatic N) is 8. The molecule has 0 bridgehead atoms. The summed E-state index contributed by atoms with van der Waals surface area (Å²) in [6.45, 7) is 5.94. The lowest BCUT2D eigenvalue weighted by Gasteiger charge is -2.26. The van der Waals surface area contributed by atoms with Crippen LogP contribution in [0.1, 0.15) is 51.8 Å². The van der Waals surface area contributed by atoms with Crippen molar-refractivity contribution in [1.29, 1.82) is 0 Å². The molecule has 5 aromatic rings. The molecule has 5 heterocycles. The predicted octanol–water partition coefficient (Wildman–Crippen LogP) is 1.81. The van der Waals surface area contributed by atoms with Gasteiger partial charge in [-0.2, -0.15) is 15.0 Å². The molecule has 49 heavy (non-hydrogen) atoms. The number of carbonyl (C=O) groups excluding carboxylic acids is 1. The first kappa shape index (κ1) is 33.8. The van der Waals surface area contributed by atoms with E-state index in [4.69, 9.17) is 5.73 Å². The van der Waals surface area contributed by atoms with Gasteiger partial charge in [-0.05, 0) is 63.3 Å². The highest BCUT2D eigenvalue weighted by Crippen LogP contribution is 2.30. The van der Waals surface area contributed by atoms with Crippen LogP contribution in [0.3, 0.4) is 0 Å². The molecule has 18 heteroatoms. The minimum absolute atomic E-state index is 0.161. The van der Waals surface area contributed by atoms with Crippen molar-refractivity contribution in [3.63, 3.8) is 0 Å². The second kappa shape index (κ2) is 13.8. The zero-order valence-electron chi connectivity index (χ0n) is 27.8. The third-order valence-corrected chi connectivity index (χ3v) is 10.1. The maximum Gasteiger partial charge on any atom is 0.332 e. The lowest BCUT2D eigenvalue weighted by Crippen LogP contribution is -2.40. The number of hydrogen-bond donors (Lipinski definition) is 5. The summed E-state index contributed by atoms with van der Waals surface area (Å²) in [4.78, 5) is 56.9. The maximum absolute atomic E-state index is 13.4. The summed E-state index contributed by atoms with van der Waals surface area (Å²) in [5, 5.41) is 20.1. The number of rotatable bonds is 12. The molecule has 6 N–H and O–H groups in total. The topological polar surface area (TPSA) is 222 Å². The molecule has 2 unspecified atom stereocenters. The van der Waals surface area contributed by atoms with Crippen LogP contribution >= 0.6 is 0 Å². The van der Waals surface area contributed by atoms with Gasteiger partial charge in [0.25, 0.3) is 5.56 Å². The molecule has 1 aliphatic rings. The molecule has 1 aliphatic heterocycles. The van der Waals surface area contributed by atoms with Crippen LogP contribution in [0.5, 0.6) is 0 Å². The Morgan fingerprint density at radius 1 is 1.14 bits per heavy atom. The highest BCUT2D eigenvalue weighted by atomic mass is 32.2. The van der Waals surface area contributed by atoms with Crippen molar-refractivity contribution >= 4 is 68.1 Å². The highest BCUT2D eigenvalue weighted by Gasteiger charge is 2.27. The third kappa shape index (κ3) is 6.40. The van der Waals surface area contributed by atoms with Crippen LogP contribution in [0.15, 0.2) is 34.1 Å². The number of imidazole rings is 2. The highest BCUT2D eigenvalue weighted by molar-refractivity contribution is 7.84. The summed E-state index contributed by atoms with van der Waals surface area (Å²) >= 11 is 0. The summed E-state index contributed by atoms with van der Waals surface area (Å²) in [7, 11) is 0.730. The Bertz CT molecular complexity index is 2200. The maximum atomic E-state index is 13.4. The van der Waals surface area contributed by atoms with E-state index in [0.717, 1.165) is 15.8 Å². The normalized spacial score (nSPS) is 15.6. The van der Waals surface area contributed by atoms with E-state index in [1.807, 2.05) is 25.1 Å². The molecule has 0 aliphatic carbocycles. The molecule has 1 aromatic carbocycles. The summed E-state index contributed by atoms with van der Waals surface area (Å²) in [5.74, 6) is 1.34. The Morgan fingerprint density at radius 2 is 1.92 bits per heavy atom. The number of hydrogen-bond acceptors (Lipinski definition) is 12. The van der Waals surface area contributed by atoms with Crippen LogP contribution in [-0.4, -0.2) is 71.0 Å². The molecule has 17 nitrogen and oxygen atoms in total. The number of fused-ring (bicyclic) bond motifs is 3. The molecule has 6 rings (SSSR count). The minimum atomic E-state index is -0.909. The fourth-order valence-electron chi connectivity index (χ4n) is 6.06. The molecule has 0 saturated heterocycles. The summed E-state index contributed by atoms with van der Waals surface area (Å²) in [5.41, 5.74) is 8.99. The molecule has 1 amide bonds. The molecule has 4 aromatic heterocycles. The smallest absolute Gasteiger partial charge is 0.332 e. The molecule has 0 radical (unpaired) electrons. The van der Waals surface area contributed by atoms with E-state index in [1.165, 1.54) is 20.0 Å². The Morgan fingerprint density at radius 3 is 2.65 bits per heavy atom. The van der Waals surface area contributed by atoms with Crippen LogP contribution in [0, 0.1) is 0 Å². The molecule has 260 valence electrons. The van der Waals surface area contributed by atoms with Gasteiger partial charge < -0.3 is 26.0 Å². The fraction of sp³-hybridized carbons (Fsp3) is 0.452. The number of carbonyl (C=O) groups is 1. The van der Waals surface area contributed by atoms with E-state index in [0.29, 0.717) is 60.6 Å². The number of nitrogens with two attached hydrogens (primary N) is 1. The first-order valence-electron chi connectivity index (χ1n) is 16.2. The van der Waals surface area contributed by atoms with Gasteiger partial charge in [0.1, 0.15) is 17.8 Å². The van der Waals surface area contributed by atoms with Crippen LogP contribution in [-0.2, 0) is 42.2 Å². The molecule has 0 saturated carbocycles. The summed E-state index contributed by atoms with van der Waals surface area (Å²) < 4.78 is 17.4. The van der Waals surface area contributed by atoms with Crippen LogP contribution in [0.2, 0.25) is 0 Å². The number of aliphatic hydroxyl groups excluding tert-OH is 1. The van der Waals surface area contributed by atoms with Gasteiger partial charge in [-0.1, -0.05) is 6.92 Å². The van der Waals surface area contributed by atoms with Gasteiger partial charge in [0.15, 0.2) is 22.6 Å². The van der Waals surface area contributed by atoms with Gasteiger partial charge >= 0.3 is 5.69 Å². The van der Waals surface area contributed by atoms with Gasteiger partial charge in [-0.3, -0.25) is 32.8 Å². The average molecular weight is 693 g/mol. The third-order valence-electron chi connectivity index (χ3n) is 8.75. The van der Waals surface area contributed by atoms with Gasteiger partial charge in [0.2, 0.25) is 17.8 Å². The van der Waals surface area contributed by atoms with Crippen molar-refractivity contribution in [3.8, 4) is 0 Å². The van der Waals surface area contributed by atoms with Crippen LogP contribution in [0.25, 0.3) is 22.3 Å².